The Hall–Kier alpha value is 0.196. The molecule has 0 amide bonds. The second-order valence-electron chi connectivity index (χ2n) is 25.9. The number of hydrogen-bond acceptors (Lipinski definition) is 18. The maximum Gasteiger partial charge on any atom is 0.336 e. The lowest BCUT2D eigenvalue weighted by Crippen LogP contribution is -2.58. The average Bonchev–Trinajstić information content (AvgIpc) is 4.29. The monoisotopic (exact) mass is 1310 g/mol. The van der Waals surface area contributed by atoms with Crippen molar-refractivity contribution in [1.82, 2.24) is 13.7 Å². The van der Waals surface area contributed by atoms with E-state index in [2.05, 4.69) is 58.9 Å². The maximum absolute atomic E-state index is 14.7. The third-order valence-corrected chi connectivity index (χ3v) is 59.8. The highest BCUT2D eigenvalue weighted by molar-refractivity contribution is 6.86. The molecule has 3 saturated carbocycles. The van der Waals surface area contributed by atoms with Crippen molar-refractivity contribution in [3.63, 3.8) is 0 Å². The third-order valence-electron chi connectivity index (χ3n) is 18.4. The molecule has 32 heteroatoms. The highest BCUT2D eigenvalue weighted by Gasteiger charge is 2.51. The van der Waals surface area contributed by atoms with E-state index >= 15 is 0 Å². The quantitative estimate of drug-likeness (QED) is 0.108. The molecule has 0 radical (unpaired) electrons. The van der Waals surface area contributed by atoms with E-state index in [-0.39, 0.29) is 19.6 Å². The van der Waals surface area contributed by atoms with Gasteiger partial charge in [-0.3, -0.25) is 0 Å². The van der Waals surface area contributed by atoms with E-state index in [1.165, 1.54) is 26.5 Å². The third kappa shape index (κ3) is 17.1. The van der Waals surface area contributed by atoms with Crippen LogP contribution in [0.5, 0.6) is 0 Å². The minimum atomic E-state index is -2.90. The van der Waals surface area contributed by atoms with Crippen molar-refractivity contribution >= 4 is 98.5 Å². The van der Waals surface area contributed by atoms with Gasteiger partial charge in [0.15, 0.2) is 0 Å². The fraction of sp³-hybridized carbons (Fsp3) is 0.938. The number of fused-ring (bicyclic) bond motifs is 3. The van der Waals surface area contributed by atoms with Crippen molar-refractivity contribution in [2.24, 2.45) is 17.8 Å². The van der Waals surface area contributed by atoms with Gasteiger partial charge < -0.3 is 64.2 Å². The van der Waals surface area contributed by atoms with Crippen LogP contribution in [0.25, 0.3) is 0 Å². The molecule has 17 unspecified atom stereocenters. The normalized spacial score (nSPS) is 44.9. The van der Waals surface area contributed by atoms with Gasteiger partial charge in [-0.2, -0.15) is 0 Å². The van der Waals surface area contributed by atoms with Crippen molar-refractivity contribution in [2.45, 2.75) is 268 Å². The van der Waals surface area contributed by atoms with E-state index in [0.717, 1.165) is 82.3 Å². The van der Waals surface area contributed by atoms with Crippen LogP contribution in [0.4, 0.5) is 0 Å². The standard InChI is InChI=1S/C48H97N3O18Si11/c1-36-58-70(2)60-78(9,69-75(59-36)27-21-37-15-18-40-43(33-37)55-40)30-14-26-51-47(53)49(24-12-28-76(7)61-71(3)65-79(10,66-72(4)62-76)31-22-38-16-19-41-44(34-38)56-41)46(52)50(48(51)54)25-13-29-77(8)63-73(5)67-80(11,68-74(6)64-77)32-23-39-17-20-42-45(35-39)57-42/h36-45,70-75H,12-35H2,1-11H3. The zero-order valence-corrected chi connectivity index (χ0v) is 61.8. The van der Waals surface area contributed by atoms with Gasteiger partial charge >= 0.3 is 116 Å². The Morgan fingerprint density at radius 2 is 0.713 bits per heavy atom. The first-order chi connectivity index (χ1) is 37.9. The molecule has 7 heterocycles. The van der Waals surface area contributed by atoms with Gasteiger partial charge in [0.2, 0.25) is 0 Å². The predicted octanol–water partition coefficient (Wildman–Crippen LogP) is 5.63. The zero-order valence-electron chi connectivity index (χ0n) is 49.9. The molecule has 9 aliphatic rings. The summed E-state index contributed by atoms with van der Waals surface area (Å²) in [4.78, 5) is 44.0. The van der Waals surface area contributed by atoms with Crippen LogP contribution < -0.4 is 17.1 Å². The fourth-order valence-electron chi connectivity index (χ4n) is 14.4. The van der Waals surface area contributed by atoms with Gasteiger partial charge in [0.1, 0.15) is 6.29 Å². The Morgan fingerprint density at radius 3 is 1.06 bits per heavy atom. The molecule has 6 aliphatic heterocycles. The number of hydrogen-bond donors (Lipinski definition) is 0. The Kier molecular flexibility index (Phi) is 20.9. The number of ether oxygens (including phenoxy) is 3. The minimum Gasteiger partial charge on any atom is -0.418 e. The maximum atomic E-state index is 14.7. The molecule has 17 atom stereocenters. The van der Waals surface area contributed by atoms with Crippen molar-refractivity contribution in [3.8, 4) is 0 Å². The van der Waals surface area contributed by atoms with Crippen LogP contribution >= 0.6 is 0 Å². The average molecular weight is 1310 g/mol. The molecule has 0 aromatic carbocycles. The number of rotatable bonds is 21. The highest BCUT2D eigenvalue weighted by atomic mass is 28.5. The molecule has 0 bridgehead atoms. The molecule has 9 fully saturated rings. The van der Waals surface area contributed by atoms with Gasteiger partial charge in [-0.1, -0.05) is 0 Å². The van der Waals surface area contributed by atoms with Crippen molar-refractivity contribution in [2.75, 3.05) is 0 Å². The predicted molar refractivity (Wildman–Crippen MR) is 327 cm³/mol. The number of nitrogens with zero attached hydrogens (tertiary/aromatic N) is 3. The minimum absolute atomic E-state index is 0.0912. The lowest BCUT2D eigenvalue weighted by atomic mass is 9.88. The first-order valence-electron chi connectivity index (χ1n) is 30.9. The Labute approximate surface area is 490 Å². The van der Waals surface area contributed by atoms with Crippen LogP contribution in [0.3, 0.4) is 0 Å². The molecule has 1 aromatic heterocycles. The molecule has 456 valence electrons. The first-order valence-corrected chi connectivity index (χ1v) is 55.8. The molecular formula is C48H97N3O18Si11. The van der Waals surface area contributed by atoms with E-state index in [9.17, 15) is 14.4 Å². The molecule has 80 heavy (non-hydrogen) atoms. The van der Waals surface area contributed by atoms with Crippen LogP contribution in [0, 0.1) is 17.8 Å². The van der Waals surface area contributed by atoms with Gasteiger partial charge in [-0.05, 0) is 223 Å². The van der Waals surface area contributed by atoms with Crippen LogP contribution in [0.15, 0.2) is 14.4 Å². The number of aromatic nitrogens is 3. The topological polar surface area (TPSA) is 214 Å². The summed E-state index contributed by atoms with van der Waals surface area (Å²) in [6.07, 6.45) is 17.1. The summed E-state index contributed by atoms with van der Waals surface area (Å²) in [5.41, 5.74) is -1.87. The van der Waals surface area contributed by atoms with Gasteiger partial charge in [0, 0.05) is 19.6 Å². The summed E-state index contributed by atoms with van der Waals surface area (Å²) in [5, 5.41) is 0. The Morgan fingerprint density at radius 1 is 0.400 bits per heavy atom. The molecule has 10 rings (SSSR count). The summed E-state index contributed by atoms with van der Waals surface area (Å²) in [7, 11) is -26.8. The first kappa shape index (κ1) is 63.2. The van der Waals surface area contributed by atoms with Crippen molar-refractivity contribution in [1.29, 1.82) is 0 Å². The van der Waals surface area contributed by atoms with Crippen LogP contribution in [0.2, 0.25) is 102 Å². The molecule has 0 N–H and O–H groups in total. The van der Waals surface area contributed by atoms with Crippen LogP contribution in [-0.4, -0.2) is 155 Å². The summed E-state index contributed by atoms with van der Waals surface area (Å²) in [5.74, 6) is 1.86. The van der Waals surface area contributed by atoms with E-state index in [1.807, 2.05) is 13.5 Å². The van der Waals surface area contributed by atoms with E-state index < -0.39 is 122 Å². The van der Waals surface area contributed by atoms with Crippen LogP contribution in [0.1, 0.15) is 103 Å². The highest BCUT2D eigenvalue weighted by Crippen LogP contribution is 2.44. The van der Waals surface area contributed by atoms with Gasteiger partial charge in [-0.15, -0.1) is 0 Å². The summed E-state index contributed by atoms with van der Waals surface area (Å²) < 4.78 is 102. The van der Waals surface area contributed by atoms with E-state index in [4.69, 9.17) is 64.2 Å². The van der Waals surface area contributed by atoms with E-state index in [0.29, 0.717) is 91.8 Å². The zero-order chi connectivity index (χ0) is 56.8. The molecule has 21 nitrogen and oxygen atoms in total. The fourth-order valence-corrected chi connectivity index (χ4v) is 60.1. The largest absolute Gasteiger partial charge is 0.418 e. The molecular weight excluding hydrogens is 1220 g/mol. The summed E-state index contributed by atoms with van der Waals surface area (Å²) >= 11 is 0. The molecule has 0 spiro atoms. The Bertz CT molecular complexity index is 2310. The lowest BCUT2D eigenvalue weighted by Gasteiger charge is -2.42. The second-order valence-corrected chi connectivity index (χ2v) is 56.8. The molecule has 1 aromatic rings. The smallest absolute Gasteiger partial charge is 0.336 e. The molecule has 3 aliphatic carbocycles. The second kappa shape index (κ2) is 26.5. The van der Waals surface area contributed by atoms with Crippen molar-refractivity contribution in [3.05, 3.63) is 31.5 Å². The number of epoxide rings is 3. The van der Waals surface area contributed by atoms with Gasteiger partial charge in [-0.25, -0.2) is 28.1 Å². The SMILES string of the molecule is CC1O[SiH](C)O[Si](C)(CCCn2c(=O)n(CCC[Si]3(C)O[SiH](C)O[Si](C)(CCC4CCC5OC5C4)O[SiH](C)O3)c(=O)n(CCC[Si]3(C)O[SiH](C)O[Si](C)(CCC4CCC5OC5C4)O[SiH](C)O3)c2=O)O[SiH](CCC2CCC3OC3C2)O1. The van der Waals surface area contributed by atoms with Crippen molar-refractivity contribution < 1.29 is 64.2 Å². The van der Waals surface area contributed by atoms with Crippen LogP contribution in [-0.2, 0) is 83.8 Å². The van der Waals surface area contributed by atoms with Gasteiger partial charge in [0.25, 0.3) is 0 Å². The molecule has 6 saturated heterocycles. The summed E-state index contributed by atoms with van der Waals surface area (Å²) in [6.45, 7) is 23.0. The summed E-state index contributed by atoms with van der Waals surface area (Å²) in [6, 6.07) is 4.25. The Balaban J connectivity index is 0.807. The lowest BCUT2D eigenvalue weighted by molar-refractivity contribution is -0.0175. The van der Waals surface area contributed by atoms with E-state index in [1.54, 1.807) is 0 Å². The van der Waals surface area contributed by atoms with Gasteiger partial charge in [0.05, 0.1) is 36.6 Å².